The highest BCUT2D eigenvalue weighted by atomic mass is 16.5. The second-order valence-corrected chi connectivity index (χ2v) is 10.1. The quantitative estimate of drug-likeness (QED) is 0.607. The van der Waals surface area contributed by atoms with Gasteiger partial charge in [-0.3, -0.25) is 9.88 Å². The normalized spacial score (nSPS) is 22.9. The van der Waals surface area contributed by atoms with Crippen LogP contribution in [0.5, 0.6) is 0 Å². The Labute approximate surface area is 212 Å². The van der Waals surface area contributed by atoms with E-state index in [1.54, 1.807) is 6.20 Å². The van der Waals surface area contributed by atoms with Crippen LogP contribution in [0.1, 0.15) is 23.7 Å². The molecule has 8 heteroatoms. The van der Waals surface area contributed by atoms with Crippen molar-refractivity contribution in [1.82, 2.24) is 20.2 Å². The van der Waals surface area contributed by atoms with E-state index in [2.05, 4.69) is 62.3 Å². The molecule has 3 aliphatic heterocycles. The van der Waals surface area contributed by atoms with E-state index >= 15 is 0 Å². The van der Waals surface area contributed by atoms with Crippen LogP contribution in [0.2, 0.25) is 0 Å². The molecule has 2 fully saturated rings. The highest BCUT2D eigenvalue weighted by Crippen LogP contribution is 2.31. The highest BCUT2D eigenvalue weighted by Gasteiger charge is 2.30. The fourth-order valence-corrected chi connectivity index (χ4v) is 5.84. The van der Waals surface area contributed by atoms with Gasteiger partial charge in [0, 0.05) is 88.3 Å². The molecule has 186 valence electrons. The van der Waals surface area contributed by atoms with Crippen molar-refractivity contribution in [1.29, 1.82) is 5.26 Å². The summed E-state index contributed by atoms with van der Waals surface area (Å²) in [5.74, 6) is 1.12. The molecule has 3 aromatic rings. The summed E-state index contributed by atoms with van der Waals surface area (Å²) < 4.78 is 6.40. The molecule has 8 nitrogen and oxygen atoms in total. The number of benzene rings is 1. The summed E-state index contributed by atoms with van der Waals surface area (Å²) in [6, 6.07) is 14.7. The van der Waals surface area contributed by atoms with E-state index in [4.69, 9.17) is 9.72 Å². The van der Waals surface area contributed by atoms with Gasteiger partial charge in [-0.1, -0.05) is 6.07 Å². The van der Waals surface area contributed by atoms with Crippen molar-refractivity contribution in [2.24, 2.45) is 0 Å². The molecule has 2 atom stereocenters. The Morgan fingerprint density at radius 3 is 2.83 bits per heavy atom. The van der Waals surface area contributed by atoms with Crippen LogP contribution in [-0.4, -0.2) is 79.4 Å². The molecule has 0 unspecified atom stereocenters. The summed E-state index contributed by atoms with van der Waals surface area (Å²) in [4.78, 5) is 16.8. The van der Waals surface area contributed by atoms with Crippen molar-refractivity contribution in [3.8, 4) is 6.07 Å². The molecule has 1 aromatic carbocycles. The van der Waals surface area contributed by atoms with Gasteiger partial charge in [0.25, 0.3) is 0 Å². The zero-order valence-electron chi connectivity index (χ0n) is 20.9. The molecule has 0 aliphatic carbocycles. The average molecular weight is 484 g/mol. The number of fused-ring (bicyclic) bond motifs is 2. The van der Waals surface area contributed by atoms with E-state index in [-0.39, 0.29) is 12.2 Å². The van der Waals surface area contributed by atoms with Crippen molar-refractivity contribution in [3.05, 3.63) is 59.4 Å². The molecule has 2 aromatic heterocycles. The number of anilines is 2. The largest absolute Gasteiger partial charge is 0.370 e. The van der Waals surface area contributed by atoms with Gasteiger partial charge in [0.05, 0.1) is 23.3 Å². The zero-order chi connectivity index (χ0) is 24.5. The van der Waals surface area contributed by atoms with Crippen LogP contribution in [0, 0.1) is 11.3 Å². The summed E-state index contributed by atoms with van der Waals surface area (Å²) >= 11 is 0. The number of hydrogen-bond acceptors (Lipinski definition) is 8. The SMILES string of the molecule is C[C@@H]1CN(c2ccc(C#N)c3ncccc23)C[C@H](CN2CCc3nc(N4CCNCC4)ccc3C2)O1. The number of hydrogen-bond donors (Lipinski definition) is 1. The maximum atomic E-state index is 9.52. The molecule has 0 bridgehead atoms. The van der Waals surface area contributed by atoms with E-state index in [0.717, 1.165) is 87.7 Å². The molecule has 0 radical (unpaired) electrons. The van der Waals surface area contributed by atoms with Crippen LogP contribution in [-0.2, 0) is 17.7 Å². The molecular weight excluding hydrogens is 450 g/mol. The van der Waals surface area contributed by atoms with E-state index in [1.165, 1.54) is 11.3 Å². The molecule has 1 N–H and O–H groups in total. The molecule has 6 rings (SSSR count). The van der Waals surface area contributed by atoms with E-state index < -0.39 is 0 Å². The molecule has 0 spiro atoms. The number of nitrogens with one attached hydrogen (secondary N) is 1. The summed E-state index contributed by atoms with van der Waals surface area (Å²) in [5.41, 5.74) is 5.11. The maximum Gasteiger partial charge on any atom is 0.128 e. The van der Waals surface area contributed by atoms with Gasteiger partial charge in [-0.25, -0.2) is 4.98 Å². The van der Waals surface area contributed by atoms with E-state index in [1.807, 2.05) is 12.1 Å². The van der Waals surface area contributed by atoms with Gasteiger partial charge in [0.15, 0.2) is 0 Å². The predicted molar refractivity (Wildman–Crippen MR) is 141 cm³/mol. The Morgan fingerprint density at radius 2 is 1.97 bits per heavy atom. The van der Waals surface area contributed by atoms with Crippen LogP contribution in [0.15, 0.2) is 42.6 Å². The number of pyridine rings is 2. The number of ether oxygens (including phenoxy) is 1. The minimum absolute atomic E-state index is 0.116. The van der Waals surface area contributed by atoms with Gasteiger partial charge in [-0.15, -0.1) is 0 Å². The lowest BCUT2D eigenvalue weighted by atomic mass is 10.0. The molecule has 36 heavy (non-hydrogen) atoms. The first kappa shape index (κ1) is 23.2. The first-order chi connectivity index (χ1) is 17.7. The number of piperazine rings is 1. The van der Waals surface area contributed by atoms with Gasteiger partial charge in [-0.2, -0.15) is 5.26 Å². The standard InChI is InChI=1S/C28H33N7O/c1-20-16-35(26-6-4-21(15-29)28-24(26)3-2-9-31-28)19-23(36-20)18-33-12-8-25-22(17-33)5-7-27(32-25)34-13-10-30-11-14-34/h2-7,9,20,23,30H,8,10-14,16-19H2,1H3/t20-,23+/m1/s1. The molecule has 5 heterocycles. The lowest BCUT2D eigenvalue weighted by Crippen LogP contribution is -2.51. The monoisotopic (exact) mass is 483 g/mol. The minimum Gasteiger partial charge on any atom is -0.370 e. The molecule has 3 aliphatic rings. The fraction of sp³-hybridized carbons (Fsp3) is 0.464. The third-order valence-electron chi connectivity index (χ3n) is 7.55. The van der Waals surface area contributed by atoms with Gasteiger partial charge >= 0.3 is 0 Å². The Morgan fingerprint density at radius 1 is 1.08 bits per heavy atom. The molecule has 0 amide bonds. The number of nitriles is 1. The van der Waals surface area contributed by atoms with E-state index in [9.17, 15) is 5.26 Å². The minimum atomic E-state index is 0.116. The lowest BCUT2D eigenvalue weighted by molar-refractivity contribution is -0.0340. The highest BCUT2D eigenvalue weighted by molar-refractivity contribution is 5.95. The van der Waals surface area contributed by atoms with Crippen LogP contribution >= 0.6 is 0 Å². The fourth-order valence-electron chi connectivity index (χ4n) is 5.84. The number of nitrogens with zero attached hydrogens (tertiary/aromatic N) is 6. The first-order valence-electron chi connectivity index (χ1n) is 13.0. The Balaban J connectivity index is 1.15. The summed E-state index contributed by atoms with van der Waals surface area (Å²) in [5, 5.41) is 14.0. The third kappa shape index (κ3) is 4.62. The van der Waals surface area contributed by atoms with Crippen molar-refractivity contribution in [3.63, 3.8) is 0 Å². The van der Waals surface area contributed by atoms with Crippen LogP contribution in [0.4, 0.5) is 11.5 Å². The molecule has 0 saturated carbocycles. The third-order valence-corrected chi connectivity index (χ3v) is 7.55. The van der Waals surface area contributed by atoms with Crippen LogP contribution in [0.3, 0.4) is 0 Å². The molecular formula is C28H33N7O. The van der Waals surface area contributed by atoms with Crippen molar-refractivity contribution < 1.29 is 4.74 Å². The number of morpholine rings is 1. The second-order valence-electron chi connectivity index (χ2n) is 10.1. The van der Waals surface area contributed by atoms with Crippen LogP contribution in [0.25, 0.3) is 10.9 Å². The van der Waals surface area contributed by atoms with Crippen molar-refractivity contribution in [2.45, 2.75) is 32.1 Å². The van der Waals surface area contributed by atoms with Crippen molar-refractivity contribution >= 4 is 22.4 Å². The van der Waals surface area contributed by atoms with Gasteiger partial charge in [0.1, 0.15) is 11.9 Å². The van der Waals surface area contributed by atoms with E-state index in [0.29, 0.717) is 5.56 Å². The topological polar surface area (TPSA) is 80.6 Å². The predicted octanol–water partition coefficient (Wildman–Crippen LogP) is 2.56. The summed E-state index contributed by atoms with van der Waals surface area (Å²) in [6.45, 7) is 10.7. The Kier molecular flexibility index (Phi) is 6.45. The van der Waals surface area contributed by atoms with Crippen LogP contribution < -0.4 is 15.1 Å². The Hall–Kier alpha value is -3.25. The zero-order valence-corrected chi connectivity index (χ0v) is 20.9. The number of rotatable bonds is 4. The average Bonchev–Trinajstić information content (AvgIpc) is 2.92. The van der Waals surface area contributed by atoms with Gasteiger partial charge in [0.2, 0.25) is 0 Å². The first-order valence-corrected chi connectivity index (χ1v) is 13.0. The Bertz CT molecular complexity index is 1280. The maximum absolute atomic E-state index is 9.52. The summed E-state index contributed by atoms with van der Waals surface area (Å²) in [6.07, 6.45) is 2.98. The summed E-state index contributed by atoms with van der Waals surface area (Å²) in [7, 11) is 0. The lowest BCUT2D eigenvalue weighted by Gasteiger charge is -2.41. The van der Waals surface area contributed by atoms with Gasteiger partial charge < -0.3 is 19.9 Å². The number of aromatic nitrogens is 2. The smallest absolute Gasteiger partial charge is 0.128 e. The van der Waals surface area contributed by atoms with Crippen molar-refractivity contribution in [2.75, 3.05) is 62.2 Å². The second kappa shape index (κ2) is 10.0. The van der Waals surface area contributed by atoms with Gasteiger partial charge in [-0.05, 0) is 42.8 Å². The molecule has 2 saturated heterocycles.